The Kier molecular flexibility index (Phi) is 3.69. The topological polar surface area (TPSA) is 103 Å². The van der Waals surface area contributed by atoms with Crippen LogP contribution >= 0.6 is 0 Å². The molecule has 7 heteroatoms. The predicted molar refractivity (Wildman–Crippen MR) is 77.4 cm³/mol. The van der Waals surface area contributed by atoms with Crippen LogP contribution in [0.4, 0.5) is 5.95 Å². The molecule has 0 spiro atoms. The Morgan fingerprint density at radius 1 is 1.19 bits per heavy atom. The van der Waals surface area contributed by atoms with E-state index in [9.17, 15) is 0 Å². The van der Waals surface area contributed by atoms with Crippen LogP contribution in [0.5, 0.6) is 0 Å². The van der Waals surface area contributed by atoms with Gasteiger partial charge in [-0.05, 0) is 24.6 Å². The summed E-state index contributed by atoms with van der Waals surface area (Å²) in [6, 6.07) is 7.40. The van der Waals surface area contributed by atoms with Crippen LogP contribution in [0.25, 0.3) is 11.2 Å². The van der Waals surface area contributed by atoms with E-state index >= 15 is 0 Å². The lowest BCUT2D eigenvalue weighted by atomic mass is 10.3. The van der Waals surface area contributed by atoms with Crippen LogP contribution in [-0.4, -0.2) is 31.5 Å². The largest absolute Gasteiger partial charge is 0.354 e. The summed E-state index contributed by atoms with van der Waals surface area (Å²) >= 11 is 0. The third-order valence-electron chi connectivity index (χ3n) is 2.95. The highest BCUT2D eigenvalue weighted by Crippen LogP contribution is 2.08. The second-order valence-corrected chi connectivity index (χ2v) is 4.47. The number of rotatable bonds is 5. The molecule has 3 rings (SSSR count). The van der Waals surface area contributed by atoms with Gasteiger partial charge in [-0.25, -0.2) is 19.9 Å². The van der Waals surface area contributed by atoms with Gasteiger partial charge in [0.25, 0.3) is 0 Å². The molecule has 21 heavy (non-hydrogen) atoms. The maximum atomic E-state index is 8.77. The first-order chi connectivity index (χ1) is 10.3. The number of imidazole rings is 1. The summed E-state index contributed by atoms with van der Waals surface area (Å²) < 4.78 is 0. The van der Waals surface area contributed by atoms with Gasteiger partial charge >= 0.3 is 0 Å². The van der Waals surface area contributed by atoms with Crippen molar-refractivity contribution in [3.8, 4) is 6.07 Å². The molecular formula is C14H13N7. The van der Waals surface area contributed by atoms with Crippen LogP contribution in [0.15, 0.2) is 30.6 Å². The number of aromatic nitrogens is 5. The molecule has 0 aliphatic rings. The Hall–Kier alpha value is -3.01. The molecule has 0 aliphatic carbocycles. The van der Waals surface area contributed by atoms with Crippen molar-refractivity contribution in [2.24, 2.45) is 0 Å². The van der Waals surface area contributed by atoms with E-state index in [2.05, 4.69) is 30.2 Å². The molecule has 0 radical (unpaired) electrons. The molecule has 104 valence electrons. The third-order valence-corrected chi connectivity index (χ3v) is 2.95. The zero-order valence-electron chi connectivity index (χ0n) is 11.2. The van der Waals surface area contributed by atoms with Crippen LogP contribution in [0.1, 0.15) is 17.9 Å². The fraction of sp³-hybridized carbons (Fsp3) is 0.214. The van der Waals surface area contributed by atoms with Crippen molar-refractivity contribution in [3.63, 3.8) is 0 Å². The molecule has 2 N–H and O–H groups in total. The molecule has 0 saturated heterocycles. The number of hydrogen-bond donors (Lipinski definition) is 2. The Bertz CT molecular complexity index is 754. The fourth-order valence-electron chi connectivity index (χ4n) is 1.98. The van der Waals surface area contributed by atoms with E-state index in [1.807, 2.05) is 18.2 Å². The fourth-order valence-corrected chi connectivity index (χ4v) is 1.98. The molecule has 7 nitrogen and oxygen atoms in total. The molecule has 0 unspecified atom stereocenters. The minimum absolute atomic E-state index is 0.357. The highest BCUT2D eigenvalue weighted by atomic mass is 15.1. The van der Waals surface area contributed by atoms with E-state index in [0.29, 0.717) is 18.2 Å². The molecular weight excluding hydrogens is 266 g/mol. The van der Waals surface area contributed by atoms with Crippen LogP contribution in [0, 0.1) is 11.3 Å². The molecule has 3 aromatic rings. The van der Waals surface area contributed by atoms with Crippen molar-refractivity contribution in [3.05, 3.63) is 42.1 Å². The van der Waals surface area contributed by atoms with Crippen LogP contribution in [0.2, 0.25) is 0 Å². The summed E-state index contributed by atoms with van der Waals surface area (Å²) in [6.07, 6.45) is 4.98. The maximum Gasteiger partial charge on any atom is 0.223 e. The first-order valence-electron chi connectivity index (χ1n) is 6.62. The zero-order valence-corrected chi connectivity index (χ0v) is 11.2. The lowest BCUT2D eigenvalue weighted by Gasteiger charge is -2.03. The number of nitrogens with one attached hydrogen (secondary N) is 2. The average Bonchev–Trinajstić information content (AvgIpc) is 2.94. The number of nitrogens with zero attached hydrogens (tertiary/aromatic N) is 5. The molecule has 0 amide bonds. The van der Waals surface area contributed by atoms with Crippen molar-refractivity contribution < 1.29 is 0 Å². The second kappa shape index (κ2) is 5.96. The number of aryl methyl sites for hydroxylation is 1. The van der Waals surface area contributed by atoms with Gasteiger partial charge in [0.05, 0.1) is 5.52 Å². The summed E-state index contributed by atoms with van der Waals surface area (Å²) in [4.78, 5) is 20.0. The van der Waals surface area contributed by atoms with Crippen molar-refractivity contribution >= 4 is 17.1 Å². The SMILES string of the molecule is N#Cc1ccnc(NCCCc2nc3ncccc3[nH]2)n1. The highest BCUT2D eigenvalue weighted by molar-refractivity contribution is 5.69. The van der Waals surface area contributed by atoms with Gasteiger partial charge in [0.2, 0.25) is 5.95 Å². The highest BCUT2D eigenvalue weighted by Gasteiger charge is 2.03. The number of anilines is 1. The molecule has 0 aromatic carbocycles. The molecule has 0 fully saturated rings. The number of fused-ring (bicyclic) bond motifs is 1. The Morgan fingerprint density at radius 3 is 3.00 bits per heavy atom. The van der Waals surface area contributed by atoms with Crippen LogP contribution in [-0.2, 0) is 6.42 Å². The standard InChI is InChI=1S/C14H13N7/c15-9-10-5-8-18-14(19-10)17-7-2-4-12-20-11-3-1-6-16-13(11)21-12/h1,3,5-6,8H,2,4,7H2,(H,16,20,21)(H,17,18,19). The van der Waals surface area contributed by atoms with Crippen LogP contribution < -0.4 is 5.32 Å². The van der Waals surface area contributed by atoms with E-state index in [0.717, 1.165) is 29.8 Å². The number of H-pyrrole nitrogens is 1. The van der Waals surface area contributed by atoms with Gasteiger partial charge in [-0.1, -0.05) is 0 Å². The van der Waals surface area contributed by atoms with Crippen molar-refractivity contribution in [2.75, 3.05) is 11.9 Å². The Labute approximate surface area is 121 Å². The van der Waals surface area contributed by atoms with Gasteiger partial charge in [-0.2, -0.15) is 5.26 Å². The lowest BCUT2D eigenvalue weighted by Crippen LogP contribution is -2.07. The van der Waals surface area contributed by atoms with Gasteiger partial charge < -0.3 is 10.3 Å². The van der Waals surface area contributed by atoms with Gasteiger partial charge in [0, 0.05) is 25.4 Å². The first-order valence-corrected chi connectivity index (χ1v) is 6.62. The van der Waals surface area contributed by atoms with E-state index in [4.69, 9.17) is 5.26 Å². The van der Waals surface area contributed by atoms with Crippen molar-refractivity contribution in [1.82, 2.24) is 24.9 Å². The second-order valence-electron chi connectivity index (χ2n) is 4.47. The smallest absolute Gasteiger partial charge is 0.223 e. The van der Waals surface area contributed by atoms with Crippen molar-refractivity contribution in [1.29, 1.82) is 5.26 Å². The molecule has 3 aromatic heterocycles. The summed E-state index contributed by atoms with van der Waals surface area (Å²) in [7, 11) is 0. The van der Waals surface area contributed by atoms with Crippen LogP contribution in [0.3, 0.4) is 0 Å². The quantitative estimate of drug-likeness (QED) is 0.688. The summed E-state index contributed by atoms with van der Waals surface area (Å²) in [6.45, 7) is 0.708. The minimum Gasteiger partial charge on any atom is -0.354 e. The number of hydrogen-bond acceptors (Lipinski definition) is 6. The molecule has 0 bridgehead atoms. The molecule has 0 saturated carbocycles. The number of nitriles is 1. The number of pyridine rings is 1. The van der Waals surface area contributed by atoms with Gasteiger partial charge in [-0.3, -0.25) is 0 Å². The zero-order chi connectivity index (χ0) is 14.5. The van der Waals surface area contributed by atoms with E-state index in [-0.39, 0.29) is 0 Å². The summed E-state index contributed by atoms with van der Waals surface area (Å²) in [5.41, 5.74) is 2.05. The van der Waals surface area contributed by atoms with Crippen molar-refractivity contribution in [2.45, 2.75) is 12.8 Å². The van der Waals surface area contributed by atoms with Gasteiger partial charge in [-0.15, -0.1) is 0 Å². The Balaban J connectivity index is 1.53. The molecule has 0 atom stereocenters. The van der Waals surface area contributed by atoms with E-state index in [1.54, 1.807) is 18.5 Å². The minimum atomic E-state index is 0.357. The molecule has 0 aliphatic heterocycles. The maximum absolute atomic E-state index is 8.77. The van der Waals surface area contributed by atoms with Gasteiger partial charge in [0.1, 0.15) is 17.6 Å². The Morgan fingerprint density at radius 2 is 2.14 bits per heavy atom. The molecule has 3 heterocycles. The normalized spacial score (nSPS) is 10.4. The monoisotopic (exact) mass is 279 g/mol. The van der Waals surface area contributed by atoms with E-state index < -0.39 is 0 Å². The average molecular weight is 279 g/mol. The lowest BCUT2D eigenvalue weighted by molar-refractivity contribution is 0.812. The van der Waals surface area contributed by atoms with E-state index in [1.165, 1.54) is 0 Å². The third kappa shape index (κ3) is 3.12. The summed E-state index contributed by atoms with van der Waals surface area (Å²) in [5.74, 6) is 1.39. The van der Waals surface area contributed by atoms with Gasteiger partial charge in [0.15, 0.2) is 5.65 Å². The first kappa shape index (κ1) is 13.0. The predicted octanol–water partition coefficient (Wildman–Crippen LogP) is 1.66. The number of aromatic amines is 1. The summed E-state index contributed by atoms with van der Waals surface area (Å²) in [5, 5.41) is 11.9.